The molecule has 1 amide bonds. The topological polar surface area (TPSA) is 73.9 Å². The van der Waals surface area contributed by atoms with Gasteiger partial charge in [-0.2, -0.15) is 0 Å². The highest BCUT2D eigenvalue weighted by atomic mass is 16.7. The van der Waals surface area contributed by atoms with Crippen LogP contribution in [0.4, 0.5) is 0 Å². The number of fused-ring (bicyclic) bond motifs is 1. The second-order valence-corrected chi connectivity index (χ2v) is 6.78. The first-order chi connectivity index (χ1) is 12.1. The molecule has 6 heteroatoms. The molecule has 25 heavy (non-hydrogen) atoms. The monoisotopic (exact) mass is 347 g/mol. The van der Waals surface area contributed by atoms with Gasteiger partial charge >= 0.3 is 5.97 Å². The first-order valence-electron chi connectivity index (χ1n) is 8.95. The lowest BCUT2D eigenvalue weighted by molar-refractivity contribution is -0.148. The molecule has 0 bridgehead atoms. The van der Waals surface area contributed by atoms with Crippen molar-refractivity contribution in [1.82, 2.24) is 5.32 Å². The van der Waals surface area contributed by atoms with Crippen molar-refractivity contribution in [3.8, 4) is 11.5 Å². The molecule has 136 valence electrons. The van der Waals surface area contributed by atoms with E-state index in [4.69, 9.17) is 14.2 Å². The highest BCUT2D eigenvalue weighted by Gasteiger charge is 2.23. The summed E-state index contributed by atoms with van der Waals surface area (Å²) in [5, 5.41) is 2.98. The largest absolute Gasteiger partial charge is 0.456 e. The van der Waals surface area contributed by atoms with Crippen molar-refractivity contribution in [1.29, 1.82) is 0 Å². The molecule has 1 aromatic rings. The minimum absolute atomic E-state index is 0.202. The van der Waals surface area contributed by atoms with E-state index in [9.17, 15) is 9.59 Å². The minimum atomic E-state index is -0.371. The van der Waals surface area contributed by atoms with Crippen molar-refractivity contribution in [3.63, 3.8) is 0 Å². The Morgan fingerprint density at radius 1 is 1.20 bits per heavy atom. The summed E-state index contributed by atoms with van der Waals surface area (Å²) in [5.74, 6) is 1.32. The Hall–Kier alpha value is -2.24. The third-order valence-corrected chi connectivity index (χ3v) is 4.88. The maximum absolute atomic E-state index is 11.9. The van der Waals surface area contributed by atoms with E-state index in [1.807, 2.05) is 18.2 Å². The minimum Gasteiger partial charge on any atom is -0.456 e. The average Bonchev–Trinajstić information content (AvgIpc) is 3.08. The fourth-order valence-corrected chi connectivity index (χ4v) is 3.34. The lowest BCUT2D eigenvalue weighted by Gasteiger charge is -2.29. The summed E-state index contributed by atoms with van der Waals surface area (Å²) in [5.41, 5.74) is 0.974. The molecule has 1 aliphatic heterocycles. The highest BCUT2D eigenvalue weighted by molar-refractivity contribution is 5.80. The van der Waals surface area contributed by atoms with Gasteiger partial charge in [0.15, 0.2) is 18.1 Å². The third kappa shape index (κ3) is 4.87. The van der Waals surface area contributed by atoms with E-state index in [0.717, 1.165) is 30.6 Å². The van der Waals surface area contributed by atoms with Crippen molar-refractivity contribution in [2.24, 2.45) is 5.92 Å². The van der Waals surface area contributed by atoms with Gasteiger partial charge in [0.2, 0.25) is 6.79 Å². The number of amides is 1. The maximum atomic E-state index is 11.9. The molecule has 2 atom stereocenters. The molecule has 6 nitrogen and oxygen atoms in total. The van der Waals surface area contributed by atoms with Gasteiger partial charge in [0.1, 0.15) is 0 Å². The number of carbonyl (C=O) groups excluding carboxylic acids is 2. The average molecular weight is 347 g/mol. The lowest BCUT2D eigenvalue weighted by Crippen LogP contribution is -2.42. The summed E-state index contributed by atoms with van der Waals surface area (Å²) in [6.45, 7) is 2.18. The number of aryl methyl sites for hydroxylation is 1. The molecule has 1 heterocycles. The van der Waals surface area contributed by atoms with Gasteiger partial charge in [-0.05, 0) is 42.9 Å². The first-order valence-corrected chi connectivity index (χ1v) is 8.95. The molecular formula is C19H25NO5. The molecule has 0 aromatic heterocycles. The van der Waals surface area contributed by atoms with Crippen LogP contribution in [0.2, 0.25) is 0 Å². The van der Waals surface area contributed by atoms with Gasteiger partial charge in [0.25, 0.3) is 5.91 Å². The lowest BCUT2D eigenvalue weighted by atomic mass is 9.86. The predicted octanol–water partition coefficient (Wildman–Crippen LogP) is 2.59. The van der Waals surface area contributed by atoms with Crippen LogP contribution >= 0.6 is 0 Å². The van der Waals surface area contributed by atoms with E-state index in [0.29, 0.717) is 18.1 Å². The van der Waals surface area contributed by atoms with Crippen LogP contribution in [0.3, 0.4) is 0 Å². The van der Waals surface area contributed by atoms with E-state index in [1.165, 1.54) is 6.42 Å². The molecule has 1 aromatic carbocycles. The Kier molecular flexibility index (Phi) is 5.79. The van der Waals surface area contributed by atoms with Gasteiger partial charge in [-0.15, -0.1) is 0 Å². The van der Waals surface area contributed by atoms with Crippen molar-refractivity contribution < 1.29 is 23.8 Å². The molecule has 3 rings (SSSR count). The van der Waals surface area contributed by atoms with Crippen LogP contribution in [0.15, 0.2) is 18.2 Å². The molecular weight excluding hydrogens is 322 g/mol. The van der Waals surface area contributed by atoms with Crippen LogP contribution in [-0.2, 0) is 20.7 Å². The molecule has 2 aliphatic rings. The summed E-state index contributed by atoms with van der Waals surface area (Å²) in [7, 11) is 0. The second-order valence-electron chi connectivity index (χ2n) is 6.78. The van der Waals surface area contributed by atoms with Crippen LogP contribution in [0.5, 0.6) is 11.5 Å². The zero-order chi connectivity index (χ0) is 17.6. The van der Waals surface area contributed by atoms with E-state index >= 15 is 0 Å². The number of benzene rings is 1. The molecule has 0 unspecified atom stereocenters. The van der Waals surface area contributed by atoms with Crippen LogP contribution in [0, 0.1) is 5.92 Å². The number of nitrogens with one attached hydrogen (secondary N) is 1. The Labute approximate surface area is 147 Å². The Bertz CT molecular complexity index is 630. The number of hydrogen-bond donors (Lipinski definition) is 1. The summed E-state index contributed by atoms with van der Waals surface area (Å²) in [4.78, 5) is 23.8. The molecule has 1 saturated carbocycles. The molecule has 1 aliphatic carbocycles. The number of ether oxygens (including phenoxy) is 3. The fourth-order valence-electron chi connectivity index (χ4n) is 3.34. The third-order valence-electron chi connectivity index (χ3n) is 4.88. The summed E-state index contributed by atoms with van der Waals surface area (Å²) < 4.78 is 15.7. The summed E-state index contributed by atoms with van der Waals surface area (Å²) in [6.07, 6.45) is 5.28. The smallest absolute Gasteiger partial charge is 0.306 e. The molecule has 0 radical (unpaired) electrons. The Morgan fingerprint density at radius 2 is 2.00 bits per heavy atom. The molecule has 1 N–H and O–H groups in total. The van der Waals surface area contributed by atoms with E-state index in [1.54, 1.807) is 0 Å². The van der Waals surface area contributed by atoms with E-state index < -0.39 is 0 Å². The Morgan fingerprint density at radius 3 is 2.84 bits per heavy atom. The molecule has 1 fully saturated rings. The first kappa shape index (κ1) is 17.6. The SMILES string of the molecule is C[C@H]1CCCC[C@H]1NC(=O)COC(=O)CCc1ccc2c(c1)OCO2. The van der Waals surface area contributed by atoms with E-state index in [2.05, 4.69) is 12.2 Å². The molecule has 0 spiro atoms. The normalized spacial score (nSPS) is 21.6. The quantitative estimate of drug-likeness (QED) is 0.801. The van der Waals surface area contributed by atoms with Gasteiger partial charge in [-0.3, -0.25) is 9.59 Å². The van der Waals surface area contributed by atoms with Crippen LogP contribution < -0.4 is 14.8 Å². The van der Waals surface area contributed by atoms with Crippen molar-refractivity contribution in [2.45, 2.75) is 51.5 Å². The van der Waals surface area contributed by atoms with Gasteiger partial charge in [0.05, 0.1) is 0 Å². The molecule has 0 saturated heterocycles. The summed E-state index contributed by atoms with van der Waals surface area (Å²) >= 11 is 0. The van der Waals surface area contributed by atoms with Crippen molar-refractivity contribution >= 4 is 11.9 Å². The van der Waals surface area contributed by atoms with Crippen LogP contribution in [0.25, 0.3) is 0 Å². The zero-order valence-electron chi connectivity index (χ0n) is 14.6. The van der Waals surface area contributed by atoms with Crippen LogP contribution in [-0.4, -0.2) is 31.3 Å². The Balaban J connectivity index is 1.37. The van der Waals surface area contributed by atoms with Crippen LogP contribution in [0.1, 0.15) is 44.6 Å². The van der Waals surface area contributed by atoms with Gasteiger partial charge in [0, 0.05) is 12.5 Å². The number of carbonyl (C=O) groups is 2. The van der Waals surface area contributed by atoms with Crippen molar-refractivity contribution in [3.05, 3.63) is 23.8 Å². The fraction of sp³-hybridized carbons (Fsp3) is 0.579. The van der Waals surface area contributed by atoms with E-state index in [-0.39, 0.29) is 37.7 Å². The second kappa shape index (κ2) is 8.23. The van der Waals surface area contributed by atoms with Gasteiger partial charge in [-0.1, -0.05) is 25.8 Å². The number of hydrogen-bond acceptors (Lipinski definition) is 5. The summed E-state index contributed by atoms with van der Waals surface area (Å²) in [6, 6.07) is 5.81. The zero-order valence-corrected chi connectivity index (χ0v) is 14.6. The number of esters is 1. The highest BCUT2D eigenvalue weighted by Crippen LogP contribution is 2.32. The standard InChI is InChI=1S/C19H25NO5/c1-13-4-2-3-5-15(13)20-18(21)11-23-19(22)9-7-14-6-8-16-17(10-14)25-12-24-16/h6,8,10,13,15H,2-5,7,9,11-12H2,1H3,(H,20,21)/t13-,15+/m0/s1. The van der Waals surface area contributed by atoms with Crippen molar-refractivity contribution in [2.75, 3.05) is 13.4 Å². The van der Waals surface area contributed by atoms with Gasteiger partial charge < -0.3 is 19.5 Å². The number of rotatable bonds is 6. The predicted molar refractivity (Wildman–Crippen MR) is 91.4 cm³/mol. The maximum Gasteiger partial charge on any atom is 0.306 e. The van der Waals surface area contributed by atoms with Gasteiger partial charge in [-0.25, -0.2) is 0 Å².